The van der Waals surface area contributed by atoms with Crippen LogP contribution in [0.1, 0.15) is 62.5 Å². The zero-order valence-electron chi connectivity index (χ0n) is 17.5. The summed E-state index contributed by atoms with van der Waals surface area (Å²) in [5.41, 5.74) is 2.78. The van der Waals surface area contributed by atoms with Crippen LogP contribution in [0.4, 0.5) is 0 Å². The van der Waals surface area contributed by atoms with E-state index in [0.717, 1.165) is 31.5 Å². The predicted molar refractivity (Wildman–Crippen MR) is 114 cm³/mol. The van der Waals surface area contributed by atoms with E-state index in [-0.39, 0.29) is 0 Å². The molecule has 1 aliphatic carbocycles. The van der Waals surface area contributed by atoms with Crippen molar-refractivity contribution in [1.82, 2.24) is 15.5 Å². The molecule has 3 unspecified atom stereocenters. The smallest absolute Gasteiger partial charge is 0.191 e. The van der Waals surface area contributed by atoms with Crippen LogP contribution >= 0.6 is 0 Å². The average Bonchev–Trinajstić information content (AvgIpc) is 3.36. The van der Waals surface area contributed by atoms with E-state index in [4.69, 9.17) is 4.74 Å². The van der Waals surface area contributed by atoms with E-state index in [1.807, 2.05) is 7.05 Å². The summed E-state index contributed by atoms with van der Waals surface area (Å²) in [4.78, 5) is 7.00. The van der Waals surface area contributed by atoms with E-state index in [1.54, 1.807) is 0 Å². The highest BCUT2D eigenvalue weighted by Gasteiger charge is 2.41. The second kappa shape index (κ2) is 9.27. The molecular weight excluding hydrogens is 348 g/mol. The number of hydrogen-bond donors (Lipinski definition) is 2. The van der Waals surface area contributed by atoms with Gasteiger partial charge in [0, 0.05) is 26.2 Å². The largest absolute Gasteiger partial charge is 0.373 e. The summed E-state index contributed by atoms with van der Waals surface area (Å²) < 4.78 is 5.96. The van der Waals surface area contributed by atoms with Gasteiger partial charge in [-0.3, -0.25) is 9.89 Å². The lowest BCUT2D eigenvalue weighted by Crippen LogP contribution is -2.47. The highest BCUT2D eigenvalue weighted by atomic mass is 16.5. The van der Waals surface area contributed by atoms with Gasteiger partial charge in [-0.25, -0.2) is 0 Å². The molecule has 0 aromatic heterocycles. The minimum Gasteiger partial charge on any atom is -0.373 e. The molecule has 2 heterocycles. The van der Waals surface area contributed by atoms with Gasteiger partial charge >= 0.3 is 0 Å². The number of guanidine groups is 1. The van der Waals surface area contributed by atoms with Gasteiger partial charge in [-0.2, -0.15) is 0 Å². The topological polar surface area (TPSA) is 48.9 Å². The Morgan fingerprint density at radius 2 is 1.89 bits per heavy atom. The van der Waals surface area contributed by atoms with E-state index < -0.39 is 0 Å². The maximum Gasteiger partial charge on any atom is 0.191 e. The number of hydrogen-bond acceptors (Lipinski definition) is 3. The van der Waals surface area contributed by atoms with Crippen LogP contribution in [0.25, 0.3) is 0 Å². The fourth-order valence-electron chi connectivity index (χ4n) is 5.14. The zero-order chi connectivity index (χ0) is 19.3. The molecule has 28 heavy (non-hydrogen) atoms. The molecule has 0 radical (unpaired) electrons. The molecule has 0 amide bonds. The molecule has 0 spiro atoms. The van der Waals surface area contributed by atoms with Crippen LogP contribution < -0.4 is 10.6 Å². The van der Waals surface area contributed by atoms with Gasteiger partial charge < -0.3 is 15.4 Å². The van der Waals surface area contributed by atoms with Crippen LogP contribution in [0.5, 0.6) is 0 Å². The molecule has 2 N–H and O–H groups in total. The summed E-state index contributed by atoms with van der Waals surface area (Å²) in [6, 6.07) is 9.95. The number of benzene rings is 1. The Bertz CT molecular complexity index is 670. The summed E-state index contributed by atoms with van der Waals surface area (Å²) in [5.74, 6) is 0.886. The number of aliphatic imine (C=N–C) groups is 1. The molecule has 4 rings (SSSR count). The Balaban J connectivity index is 1.32. The molecule has 1 aromatic rings. The summed E-state index contributed by atoms with van der Waals surface area (Å²) in [6.45, 7) is 1.82. The normalized spacial score (nSPS) is 28.1. The molecule has 154 valence electrons. The Hall–Kier alpha value is -1.59. The SMILES string of the molecule is CN=C(NCc1ccccc1CN(C)C1CCCCC1)NC1CC2CCC1O2. The maximum atomic E-state index is 5.96. The summed E-state index contributed by atoms with van der Waals surface area (Å²) in [6.07, 6.45) is 11.2. The molecule has 2 aliphatic heterocycles. The molecular formula is C23H36N4O. The highest BCUT2D eigenvalue weighted by Crippen LogP contribution is 2.34. The van der Waals surface area contributed by atoms with Crippen LogP contribution in [0, 0.1) is 0 Å². The van der Waals surface area contributed by atoms with Crippen molar-refractivity contribution in [2.24, 2.45) is 4.99 Å². The molecule has 2 saturated heterocycles. The summed E-state index contributed by atoms with van der Waals surface area (Å²) >= 11 is 0. The van der Waals surface area contributed by atoms with E-state index in [0.29, 0.717) is 18.2 Å². The predicted octanol–water partition coefficient (Wildman–Crippen LogP) is 3.44. The third kappa shape index (κ3) is 4.69. The van der Waals surface area contributed by atoms with Gasteiger partial charge in [0.15, 0.2) is 5.96 Å². The van der Waals surface area contributed by atoms with Crippen LogP contribution in [0.2, 0.25) is 0 Å². The quantitative estimate of drug-likeness (QED) is 0.583. The van der Waals surface area contributed by atoms with Crippen molar-refractivity contribution in [2.75, 3.05) is 14.1 Å². The monoisotopic (exact) mass is 384 g/mol. The minimum atomic E-state index is 0.361. The van der Waals surface area contributed by atoms with Gasteiger partial charge in [-0.15, -0.1) is 0 Å². The molecule has 3 fully saturated rings. The third-order valence-corrected chi connectivity index (χ3v) is 6.83. The second-order valence-electron chi connectivity index (χ2n) is 8.76. The number of nitrogens with zero attached hydrogens (tertiary/aromatic N) is 2. The number of ether oxygens (including phenoxy) is 1. The molecule has 3 atom stereocenters. The lowest BCUT2D eigenvalue weighted by molar-refractivity contribution is 0.0992. The Labute approximate surface area is 169 Å². The summed E-state index contributed by atoms with van der Waals surface area (Å²) in [7, 11) is 4.14. The first-order chi connectivity index (χ1) is 13.7. The van der Waals surface area contributed by atoms with Gasteiger partial charge in [0.05, 0.1) is 18.2 Å². The molecule has 3 aliphatic rings. The zero-order valence-corrected chi connectivity index (χ0v) is 17.5. The molecule has 5 heteroatoms. The fourth-order valence-corrected chi connectivity index (χ4v) is 5.14. The Morgan fingerprint density at radius 1 is 1.11 bits per heavy atom. The first-order valence-electron chi connectivity index (χ1n) is 11.1. The van der Waals surface area contributed by atoms with Crippen molar-refractivity contribution in [1.29, 1.82) is 0 Å². The van der Waals surface area contributed by atoms with Gasteiger partial charge in [-0.05, 0) is 50.3 Å². The van der Waals surface area contributed by atoms with E-state index in [9.17, 15) is 0 Å². The van der Waals surface area contributed by atoms with Crippen molar-refractivity contribution in [3.8, 4) is 0 Å². The van der Waals surface area contributed by atoms with Gasteiger partial charge in [0.2, 0.25) is 0 Å². The maximum absolute atomic E-state index is 5.96. The van der Waals surface area contributed by atoms with Gasteiger partial charge in [0.1, 0.15) is 0 Å². The van der Waals surface area contributed by atoms with Gasteiger partial charge in [-0.1, -0.05) is 43.5 Å². The van der Waals surface area contributed by atoms with Crippen molar-refractivity contribution in [2.45, 2.75) is 88.7 Å². The average molecular weight is 385 g/mol. The summed E-state index contributed by atoms with van der Waals surface area (Å²) in [5, 5.41) is 7.11. The van der Waals surface area contributed by atoms with Crippen LogP contribution in [-0.2, 0) is 17.8 Å². The first kappa shape index (κ1) is 19.7. The lowest BCUT2D eigenvalue weighted by Gasteiger charge is -2.31. The number of rotatable bonds is 6. The molecule has 2 bridgehead atoms. The van der Waals surface area contributed by atoms with Crippen LogP contribution in [0.15, 0.2) is 29.3 Å². The van der Waals surface area contributed by atoms with E-state index in [1.165, 1.54) is 56.1 Å². The van der Waals surface area contributed by atoms with Crippen LogP contribution in [-0.4, -0.2) is 49.2 Å². The molecule has 5 nitrogen and oxygen atoms in total. The number of fused-ring (bicyclic) bond motifs is 2. The second-order valence-corrected chi connectivity index (χ2v) is 8.76. The molecule has 1 aromatic carbocycles. The third-order valence-electron chi connectivity index (χ3n) is 6.83. The number of nitrogens with one attached hydrogen (secondary N) is 2. The van der Waals surface area contributed by atoms with Crippen molar-refractivity contribution >= 4 is 5.96 Å². The van der Waals surface area contributed by atoms with Crippen molar-refractivity contribution in [3.63, 3.8) is 0 Å². The molecule has 1 saturated carbocycles. The fraction of sp³-hybridized carbons (Fsp3) is 0.696. The Morgan fingerprint density at radius 3 is 2.57 bits per heavy atom. The standard InChI is InChI=1S/C23H36N4O/c1-24-23(26-21-14-20-12-13-22(21)28-20)25-15-17-8-6-7-9-18(17)16-27(2)19-10-4-3-5-11-19/h6-9,19-22H,3-5,10-16H2,1-2H3,(H2,24,25,26). The van der Waals surface area contributed by atoms with Crippen molar-refractivity contribution in [3.05, 3.63) is 35.4 Å². The van der Waals surface area contributed by atoms with E-state index >= 15 is 0 Å². The van der Waals surface area contributed by atoms with Gasteiger partial charge in [0.25, 0.3) is 0 Å². The van der Waals surface area contributed by atoms with Crippen molar-refractivity contribution < 1.29 is 4.74 Å². The lowest BCUT2D eigenvalue weighted by atomic mass is 9.94. The van der Waals surface area contributed by atoms with Crippen LogP contribution in [0.3, 0.4) is 0 Å². The Kier molecular flexibility index (Phi) is 6.53. The highest BCUT2D eigenvalue weighted by molar-refractivity contribution is 5.80. The van der Waals surface area contributed by atoms with E-state index in [2.05, 4.69) is 51.8 Å². The first-order valence-corrected chi connectivity index (χ1v) is 11.1. The minimum absolute atomic E-state index is 0.361.